The monoisotopic (exact) mass is 456 g/mol. The fourth-order valence-electron chi connectivity index (χ4n) is 2.70. The van der Waals surface area contributed by atoms with Gasteiger partial charge >= 0.3 is 11.9 Å². The van der Waals surface area contributed by atoms with Gasteiger partial charge in [0.25, 0.3) is 5.91 Å². The van der Waals surface area contributed by atoms with Crippen LogP contribution in [0.2, 0.25) is 0 Å². The van der Waals surface area contributed by atoms with Gasteiger partial charge in [0.15, 0.2) is 22.8 Å². The molecule has 1 aliphatic rings. The minimum Gasteiger partial charge on any atom is -0.493 e. The molecule has 0 bridgehead atoms. The maximum Gasteiger partial charge on any atom is 0.344 e. The Balaban J connectivity index is 1.83. The zero-order valence-electron chi connectivity index (χ0n) is 17.4. The normalized spacial score (nSPS) is 17.0. The molecule has 9 nitrogen and oxygen atoms in total. The number of hydrogen-bond donors (Lipinski definition) is 2. The van der Waals surface area contributed by atoms with Gasteiger partial charge in [0.05, 0.1) is 23.3 Å². The van der Waals surface area contributed by atoms with Crippen LogP contribution in [0.4, 0.5) is 5.69 Å². The molecule has 1 aliphatic heterocycles. The molecule has 2 aromatic carbocycles. The average molecular weight is 456 g/mol. The highest BCUT2D eigenvalue weighted by atomic mass is 32.2. The molecule has 1 heterocycles. The number of amides is 1. The van der Waals surface area contributed by atoms with Gasteiger partial charge in [-0.1, -0.05) is 6.07 Å². The van der Waals surface area contributed by atoms with Gasteiger partial charge in [0, 0.05) is 7.05 Å². The predicted molar refractivity (Wildman–Crippen MR) is 120 cm³/mol. The molecule has 32 heavy (non-hydrogen) atoms. The van der Waals surface area contributed by atoms with Crippen molar-refractivity contribution < 1.29 is 34.1 Å². The van der Waals surface area contributed by atoms with E-state index in [-0.39, 0.29) is 17.2 Å². The summed E-state index contributed by atoms with van der Waals surface area (Å²) in [6, 6.07) is 10.9. The highest BCUT2D eigenvalue weighted by Crippen LogP contribution is 2.35. The van der Waals surface area contributed by atoms with E-state index in [0.717, 1.165) is 0 Å². The van der Waals surface area contributed by atoms with E-state index < -0.39 is 18.0 Å². The second kappa shape index (κ2) is 9.56. The van der Waals surface area contributed by atoms with Crippen molar-refractivity contribution in [3.63, 3.8) is 0 Å². The molecule has 0 spiro atoms. The van der Waals surface area contributed by atoms with Gasteiger partial charge in [-0.15, -0.1) is 0 Å². The molecule has 0 radical (unpaired) electrons. The highest BCUT2D eigenvalue weighted by molar-refractivity contribution is 8.18. The Bertz CT molecular complexity index is 1130. The number of methoxy groups -OCH3 is 1. The van der Waals surface area contributed by atoms with Crippen molar-refractivity contribution in [2.45, 2.75) is 13.0 Å². The number of aliphatic carboxylic acids is 1. The Morgan fingerprint density at radius 3 is 2.41 bits per heavy atom. The quantitative estimate of drug-likeness (QED) is 0.607. The minimum absolute atomic E-state index is 0.150. The van der Waals surface area contributed by atoms with E-state index >= 15 is 0 Å². The number of likely N-dealkylation sites (N-methyl/N-ethyl adjacent to an activating group) is 1. The lowest BCUT2D eigenvalue weighted by Gasteiger charge is -2.14. The van der Waals surface area contributed by atoms with E-state index in [2.05, 4.69) is 4.99 Å². The largest absolute Gasteiger partial charge is 0.493 e. The number of aromatic carboxylic acids is 1. The van der Waals surface area contributed by atoms with Gasteiger partial charge in [-0.2, -0.15) is 0 Å². The first-order valence-electron chi connectivity index (χ1n) is 9.36. The Labute approximate surface area is 188 Å². The summed E-state index contributed by atoms with van der Waals surface area (Å²) >= 11 is 1.18. The number of rotatable bonds is 7. The summed E-state index contributed by atoms with van der Waals surface area (Å²) < 4.78 is 10.7. The number of carbonyl (C=O) groups is 3. The Kier molecular flexibility index (Phi) is 6.84. The molecule has 1 amide bonds. The standard InChI is InChI=1S/C22H20N2O7S/c1-12(20(26)27)31-16-9-4-13(10-17(16)30-3)11-18-19(25)24(2)22(32-18)23-15-7-5-14(6-8-15)21(28)29/h4-12H,1-3H3,(H,26,27)(H,28,29)/b18-11-,23-22?/t12-/m1/s1. The van der Waals surface area contributed by atoms with Crippen molar-refractivity contribution in [1.29, 1.82) is 0 Å². The lowest BCUT2D eigenvalue weighted by Crippen LogP contribution is -2.23. The molecule has 10 heteroatoms. The molecule has 3 rings (SSSR count). The van der Waals surface area contributed by atoms with E-state index in [1.165, 1.54) is 42.8 Å². The molecule has 1 atom stereocenters. The van der Waals surface area contributed by atoms with E-state index in [4.69, 9.17) is 19.7 Å². The number of benzene rings is 2. The van der Waals surface area contributed by atoms with E-state index in [1.807, 2.05) is 0 Å². The van der Waals surface area contributed by atoms with Gasteiger partial charge in [-0.25, -0.2) is 14.6 Å². The summed E-state index contributed by atoms with van der Waals surface area (Å²) in [5.74, 6) is -1.75. The van der Waals surface area contributed by atoms with Crippen LogP contribution in [0.25, 0.3) is 6.08 Å². The van der Waals surface area contributed by atoms with Crippen molar-refractivity contribution in [2.24, 2.45) is 4.99 Å². The number of hydrogen-bond acceptors (Lipinski definition) is 7. The summed E-state index contributed by atoms with van der Waals surface area (Å²) in [5.41, 5.74) is 1.33. The van der Waals surface area contributed by atoms with Crippen LogP contribution in [-0.4, -0.2) is 58.4 Å². The number of carboxylic acid groups (broad SMARTS) is 2. The van der Waals surface area contributed by atoms with Gasteiger partial charge in [-0.05, 0) is 66.7 Å². The minimum atomic E-state index is -1.10. The summed E-state index contributed by atoms with van der Waals surface area (Å²) in [6.07, 6.45) is 0.629. The van der Waals surface area contributed by atoms with Crippen LogP contribution < -0.4 is 9.47 Å². The van der Waals surface area contributed by atoms with Crippen LogP contribution in [0, 0.1) is 0 Å². The summed E-state index contributed by atoms with van der Waals surface area (Å²) in [6.45, 7) is 1.41. The Morgan fingerprint density at radius 1 is 1.12 bits per heavy atom. The van der Waals surface area contributed by atoms with E-state index in [1.54, 1.807) is 43.5 Å². The number of ether oxygens (including phenoxy) is 2. The predicted octanol–water partition coefficient (Wildman–Crippen LogP) is 3.48. The molecule has 2 N–H and O–H groups in total. The SMILES string of the molecule is COc1cc(/C=C2\SC(=Nc3ccc(C(=O)O)cc3)N(C)C2=O)ccc1O[C@H](C)C(=O)O. The number of amidine groups is 1. The van der Waals surface area contributed by atoms with Crippen LogP contribution in [0.15, 0.2) is 52.4 Å². The summed E-state index contributed by atoms with van der Waals surface area (Å²) in [7, 11) is 3.04. The second-order valence-electron chi connectivity index (χ2n) is 6.73. The average Bonchev–Trinajstić information content (AvgIpc) is 3.02. The first kappa shape index (κ1) is 22.9. The van der Waals surface area contributed by atoms with Crippen LogP contribution in [-0.2, 0) is 9.59 Å². The van der Waals surface area contributed by atoms with E-state index in [9.17, 15) is 14.4 Å². The molecule has 0 saturated carbocycles. The molecule has 1 saturated heterocycles. The second-order valence-corrected chi connectivity index (χ2v) is 7.74. The molecule has 0 aliphatic carbocycles. The van der Waals surface area contributed by atoms with Crippen LogP contribution in [0.3, 0.4) is 0 Å². The molecular formula is C22H20N2O7S. The summed E-state index contributed by atoms with van der Waals surface area (Å²) in [4.78, 5) is 40.9. The maximum absolute atomic E-state index is 12.7. The van der Waals surface area contributed by atoms with Crippen molar-refractivity contribution in [2.75, 3.05) is 14.2 Å². The van der Waals surface area contributed by atoms with E-state index in [0.29, 0.717) is 27.1 Å². The fourth-order valence-corrected chi connectivity index (χ4v) is 3.69. The maximum atomic E-state index is 12.7. The molecule has 0 aromatic heterocycles. The smallest absolute Gasteiger partial charge is 0.344 e. The zero-order valence-corrected chi connectivity index (χ0v) is 18.3. The third kappa shape index (κ3) is 5.09. The van der Waals surface area contributed by atoms with Crippen LogP contribution >= 0.6 is 11.8 Å². The van der Waals surface area contributed by atoms with Crippen molar-refractivity contribution in [1.82, 2.24) is 4.90 Å². The number of aliphatic imine (C=N–C) groups is 1. The Morgan fingerprint density at radius 2 is 1.81 bits per heavy atom. The first-order chi connectivity index (χ1) is 15.2. The van der Waals surface area contributed by atoms with Crippen LogP contribution in [0.1, 0.15) is 22.8 Å². The number of nitrogens with zero attached hydrogens (tertiary/aromatic N) is 2. The topological polar surface area (TPSA) is 126 Å². The Hall–Kier alpha value is -3.79. The third-order valence-corrected chi connectivity index (χ3v) is 5.54. The van der Waals surface area contributed by atoms with Gasteiger partial charge in [0.2, 0.25) is 0 Å². The van der Waals surface area contributed by atoms with Crippen molar-refractivity contribution >= 4 is 46.5 Å². The van der Waals surface area contributed by atoms with Gasteiger partial charge < -0.3 is 19.7 Å². The lowest BCUT2D eigenvalue weighted by molar-refractivity contribution is -0.144. The zero-order chi connectivity index (χ0) is 23.4. The molecule has 1 fully saturated rings. The van der Waals surface area contributed by atoms with Crippen LogP contribution in [0.5, 0.6) is 11.5 Å². The number of carboxylic acids is 2. The molecule has 166 valence electrons. The van der Waals surface area contributed by atoms with Gasteiger partial charge in [-0.3, -0.25) is 9.69 Å². The first-order valence-corrected chi connectivity index (χ1v) is 10.2. The van der Waals surface area contributed by atoms with Crippen molar-refractivity contribution in [3.8, 4) is 11.5 Å². The summed E-state index contributed by atoms with van der Waals surface area (Å²) in [5, 5.41) is 18.5. The van der Waals surface area contributed by atoms with Crippen molar-refractivity contribution in [3.05, 3.63) is 58.5 Å². The number of carbonyl (C=O) groups excluding carboxylic acids is 1. The molecule has 0 unspecified atom stereocenters. The third-order valence-electron chi connectivity index (χ3n) is 4.48. The highest BCUT2D eigenvalue weighted by Gasteiger charge is 2.30. The van der Waals surface area contributed by atoms with Gasteiger partial charge in [0.1, 0.15) is 0 Å². The lowest BCUT2D eigenvalue weighted by atomic mass is 10.2. The molecule has 2 aromatic rings. The number of thioether (sulfide) groups is 1. The fraction of sp³-hybridized carbons (Fsp3) is 0.182. The molecular weight excluding hydrogens is 436 g/mol.